The number of rotatable bonds is 4. The van der Waals surface area contributed by atoms with E-state index < -0.39 is 0 Å². The lowest BCUT2D eigenvalue weighted by atomic mass is 9.88. The normalized spacial score (nSPS) is 11.5. The van der Waals surface area contributed by atoms with E-state index in [1.165, 1.54) is 57.0 Å². The van der Waals surface area contributed by atoms with Crippen molar-refractivity contribution < 1.29 is 0 Å². The summed E-state index contributed by atoms with van der Waals surface area (Å²) in [6.07, 6.45) is 0. The Kier molecular flexibility index (Phi) is 6.31. The third-order valence-corrected chi connectivity index (χ3v) is 11.3. The monoisotopic (exact) mass is 619 g/mol. The van der Waals surface area contributed by atoms with Crippen molar-refractivity contribution in [1.82, 2.24) is 0 Å². The van der Waals surface area contributed by atoms with Crippen LogP contribution in [0.15, 0.2) is 152 Å². The summed E-state index contributed by atoms with van der Waals surface area (Å²) < 4.78 is 5.16. The van der Waals surface area contributed by atoms with Crippen molar-refractivity contribution in [2.24, 2.45) is 0 Å². The standard InChI is InChI=1S/C43H25NS2/c44-26-27-22-30(28-10-2-1-3-11-28)24-31(23-27)38-25-29(32-14-9-19-41-42(32)37-13-5-7-18-40(37)45-41)20-21-33(38)35-15-8-16-36-34-12-4-6-17-39(34)46-43(35)36/h1-25H. The van der Waals surface area contributed by atoms with Crippen molar-refractivity contribution in [3.05, 3.63) is 157 Å². The first kappa shape index (κ1) is 26.8. The minimum Gasteiger partial charge on any atom is -0.192 e. The SMILES string of the molecule is N#Cc1cc(-c2ccccc2)cc(-c2cc(-c3cccc4sc5ccccc5c34)ccc2-c2cccc3c2sc2ccccc23)c1. The van der Waals surface area contributed by atoms with Crippen LogP contribution in [-0.2, 0) is 0 Å². The zero-order valence-electron chi connectivity index (χ0n) is 24.7. The molecule has 0 unspecified atom stereocenters. The van der Waals surface area contributed by atoms with Crippen LogP contribution >= 0.6 is 22.7 Å². The molecule has 1 nitrogen and oxygen atoms in total. The summed E-state index contributed by atoms with van der Waals surface area (Å²) in [6, 6.07) is 56.6. The van der Waals surface area contributed by atoms with Gasteiger partial charge in [0.25, 0.3) is 0 Å². The molecule has 46 heavy (non-hydrogen) atoms. The van der Waals surface area contributed by atoms with Gasteiger partial charge in [0.1, 0.15) is 0 Å². The Hall–Kier alpha value is -5.53. The van der Waals surface area contributed by atoms with E-state index in [4.69, 9.17) is 0 Å². The summed E-state index contributed by atoms with van der Waals surface area (Å²) in [7, 11) is 0. The second-order valence-electron chi connectivity index (χ2n) is 11.6. The van der Waals surface area contributed by atoms with Crippen LogP contribution in [0.4, 0.5) is 0 Å². The summed E-state index contributed by atoms with van der Waals surface area (Å²) in [4.78, 5) is 0. The lowest BCUT2D eigenvalue weighted by molar-refractivity contribution is 1.48. The van der Waals surface area contributed by atoms with Crippen LogP contribution < -0.4 is 0 Å². The van der Waals surface area contributed by atoms with E-state index in [2.05, 4.69) is 127 Å². The van der Waals surface area contributed by atoms with Crippen molar-refractivity contribution in [1.29, 1.82) is 5.26 Å². The van der Waals surface area contributed by atoms with Crippen LogP contribution in [0.3, 0.4) is 0 Å². The molecule has 0 aliphatic heterocycles. The van der Waals surface area contributed by atoms with Gasteiger partial charge in [-0.2, -0.15) is 5.26 Å². The molecule has 214 valence electrons. The molecule has 9 aromatic rings. The van der Waals surface area contributed by atoms with Gasteiger partial charge in [-0.15, -0.1) is 22.7 Å². The van der Waals surface area contributed by atoms with E-state index in [-0.39, 0.29) is 0 Å². The highest BCUT2D eigenvalue weighted by molar-refractivity contribution is 7.26. The second kappa shape index (κ2) is 10.8. The summed E-state index contributed by atoms with van der Waals surface area (Å²) in [6.45, 7) is 0. The molecule has 0 aliphatic carbocycles. The Balaban J connectivity index is 1.35. The first-order chi connectivity index (χ1) is 22.7. The van der Waals surface area contributed by atoms with Gasteiger partial charge >= 0.3 is 0 Å². The molecule has 9 rings (SSSR count). The van der Waals surface area contributed by atoms with Gasteiger partial charge in [0.2, 0.25) is 0 Å². The molecule has 7 aromatic carbocycles. The van der Waals surface area contributed by atoms with E-state index >= 15 is 0 Å². The van der Waals surface area contributed by atoms with Gasteiger partial charge in [-0.1, -0.05) is 109 Å². The van der Waals surface area contributed by atoms with Crippen molar-refractivity contribution in [3.63, 3.8) is 0 Å². The molecule has 0 saturated heterocycles. The number of hydrogen-bond acceptors (Lipinski definition) is 3. The molecule has 0 atom stereocenters. The maximum Gasteiger partial charge on any atom is 0.0992 e. The fourth-order valence-corrected chi connectivity index (χ4v) is 9.17. The Morgan fingerprint density at radius 2 is 1.07 bits per heavy atom. The molecule has 3 heteroatoms. The van der Waals surface area contributed by atoms with Gasteiger partial charge in [-0.05, 0) is 81.4 Å². The number of nitriles is 1. The van der Waals surface area contributed by atoms with Gasteiger partial charge in [0, 0.05) is 45.9 Å². The molecule has 0 spiro atoms. The molecule has 0 fully saturated rings. The number of thiophene rings is 2. The van der Waals surface area contributed by atoms with Crippen molar-refractivity contribution in [2.45, 2.75) is 0 Å². The van der Waals surface area contributed by atoms with Crippen molar-refractivity contribution in [3.8, 4) is 50.6 Å². The van der Waals surface area contributed by atoms with Crippen molar-refractivity contribution in [2.75, 3.05) is 0 Å². The van der Waals surface area contributed by atoms with Gasteiger partial charge < -0.3 is 0 Å². The van der Waals surface area contributed by atoms with Crippen LogP contribution in [0.5, 0.6) is 0 Å². The van der Waals surface area contributed by atoms with Gasteiger partial charge in [0.15, 0.2) is 0 Å². The fraction of sp³-hybridized carbons (Fsp3) is 0. The quantitative estimate of drug-likeness (QED) is 0.192. The lowest BCUT2D eigenvalue weighted by Crippen LogP contribution is -1.91. The number of nitrogens with zero attached hydrogens (tertiary/aromatic N) is 1. The fourth-order valence-electron chi connectivity index (χ4n) is 6.80. The Morgan fingerprint density at radius 3 is 1.91 bits per heavy atom. The summed E-state index contributed by atoms with van der Waals surface area (Å²) in [5.74, 6) is 0. The topological polar surface area (TPSA) is 23.8 Å². The van der Waals surface area contributed by atoms with E-state index in [1.54, 1.807) is 0 Å². The third kappa shape index (κ3) is 4.35. The molecule has 0 bridgehead atoms. The molecule has 0 aliphatic rings. The minimum absolute atomic E-state index is 0.652. The van der Waals surface area contributed by atoms with Gasteiger partial charge in [-0.3, -0.25) is 0 Å². The van der Waals surface area contributed by atoms with Crippen molar-refractivity contribution >= 4 is 63.0 Å². The summed E-state index contributed by atoms with van der Waals surface area (Å²) in [5.41, 5.74) is 9.71. The summed E-state index contributed by atoms with van der Waals surface area (Å²) >= 11 is 3.69. The van der Waals surface area contributed by atoms with E-state index in [0.717, 1.165) is 27.8 Å². The average molecular weight is 620 g/mol. The molecule has 0 radical (unpaired) electrons. The molecular formula is C43H25NS2. The molecule has 2 aromatic heterocycles. The lowest BCUT2D eigenvalue weighted by Gasteiger charge is -2.16. The first-order valence-electron chi connectivity index (χ1n) is 15.3. The largest absolute Gasteiger partial charge is 0.192 e. The van der Waals surface area contributed by atoms with E-state index in [0.29, 0.717) is 5.56 Å². The third-order valence-electron chi connectivity index (χ3n) is 8.91. The van der Waals surface area contributed by atoms with E-state index in [1.807, 2.05) is 53.0 Å². The zero-order valence-corrected chi connectivity index (χ0v) is 26.3. The molecule has 0 amide bonds. The molecular weight excluding hydrogens is 595 g/mol. The number of fused-ring (bicyclic) bond motifs is 6. The maximum atomic E-state index is 10.2. The maximum absolute atomic E-state index is 10.2. The molecule has 2 heterocycles. The Morgan fingerprint density at radius 1 is 0.391 bits per heavy atom. The first-order valence-corrected chi connectivity index (χ1v) is 16.9. The highest BCUT2D eigenvalue weighted by Gasteiger charge is 2.18. The van der Waals surface area contributed by atoms with E-state index in [9.17, 15) is 5.26 Å². The van der Waals surface area contributed by atoms with Crippen LogP contribution in [0.1, 0.15) is 5.56 Å². The second-order valence-corrected chi connectivity index (χ2v) is 13.7. The number of benzene rings is 7. The predicted molar refractivity (Wildman–Crippen MR) is 199 cm³/mol. The number of hydrogen-bond donors (Lipinski definition) is 0. The smallest absolute Gasteiger partial charge is 0.0992 e. The Labute approximate surface area is 274 Å². The minimum atomic E-state index is 0.652. The molecule has 0 N–H and O–H groups in total. The Bertz CT molecular complexity index is 2650. The highest BCUT2D eigenvalue weighted by atomic mass is 32.1. The summed E-state index contributed by atoms with van der Waals surface area (Å²) in [5, 5.41) is 15.3. The highest BCUT2D eigenvalue weighted by Crippen LogP contribution is 2.46. The van der Waals surface area contributed by atoms with Crippen LogP contribution in [-0.4, -0.2) is 0 Å². The van der Waals surface area contributed by atoms with Crippen LogP contribution in [0.2, 0.25) is 0 Å². The predicted octanol–water partition coefficient (Wildman–Crippen LogP) is 13.0. The zero-order chi connectivity index (χ0) is 30.6. The average Bonchev–Trinajstić information content (AvgIpc) is 3.70. The van der Waals surface area contributed by atoms with Gasteiger partial charge in [-0.25, -0.2) is 0 Å². The molecule has 0 saturated carbocycles. The van der Waals surface area contributed by atoms with Crippen LogP contribution in [0, 0.1) is 11.3 Å². The van der Waals surface area contributed by atoms with Crippen LogP contribution in [0.25, 0.3) is 84.9 Å². The van der Waals surface area contributed by atoms with Gasteiger partial charge in [0.05, 0.1) is 11.6 Å².